The third-order valence-electron chi connectivity index (χ3n) is 3.44. The highest BCUT2D eigenvalue weighted by Gasteiger charge is 2.12. The van der Waals surface area contributed by atoms with Gasteiger partial charge in [-0.25, -0.2) is 4.39 Å². The number of benzene rings is 1. The van der Waals surface area contributed by atoms with E-state index in [1.165, 1.54) is 12.1 Å². The molecular weight excluding hydrogens is 412 g/mol. The first kappa shape index (κ1) is 19.7. The van der Waals surface area contributed by atoms with Crippen LogP contribution >= 0.6 is 24.0 Å². The monoisotopic (exact) mass is 435 g/mol. The summed E-state index contributed by atoms with van der Waals surface area (Å²) < 4.78 is 24.2. The second-order valence-electron chi connectivity index (χ2n) is 5.22. The van der Waals surface area contributed by atoms with Crippen LogP contribution in [-0.2, 0) is 11.3 Å². The summed E-state index contributed by atoms with van der Waals surface area (Å²) in [5, 5.41) is 7.20. The molecule has 1 aromatic heterocycles. The second-order valence-corrected chi connectivity index (χ2v) is 5.22. The van der Waals surface area contributed by atoms with Gasteiger partial charge in [-0.2, -0.15) is 0 Å². The molecule has 0 radical (unpaired) electrons. The van der Waals surface area contributed by atoms with Gasteiger partial charge in [0.25, 0.3) is 0 Å². The molecule has 2 aromatic rings. The fourth-order valence-corrected chi connectivity index (χ4v) is 2.30. The third-order valence-corrected chi connectivity index (χ3v) is 3.44. The first-order chi connectivity index (χ1) is 10.5. The molecule has 7 heteroatoms. The summed E-state index contributed by atoms with van der Waals surface area (Å²) >= 11 is 0. The Morgan fingerprint density at radius 1 is 1.43 bits per heavy atom. The van der Waals surface area contributed by atoms with Gasteiger partial charge in [0, 0.05) is 31.1 Å². The molecule has 2 N–H and O–H groups in total. The van der Waals surface area contributed by atoms with Gasteiger partial charge in [0.2, 0.25) is 0 Å². The maximum absolute atomic E-state index is 13.3. The highest BCUT2D eigenvalue weighted by molar-refractivity contribution is 14.0. The number of guanidine groups is 1. The summed E-state index contributed by atoms with van der Waals surface area (Å²) in [7, 11) is 3.36. The largest absolute Gasteiger partial charge is 0.459 e. The van der Waals surface area contributed by atoms with E-state index in [1.807, 2.05) is 13.8 Å². The lowest BCUT2D eigenvalue weighted by Gasteiger charge is -2.16. The number of methoxy groups -OCH3 is 1. The second kappa shape index (κ2) is 9.07. The molecule has 0 aliphatic heterocycles. The maximum Gasteiger partial charge on any atom is 0.191 e. The van der Waals surface area contributed by atoms with Crippen LogP contribution in [0.25, 0.3) is 11.0 Å². The van der Waals surface area contributed by atoms with E-state index in [4.69, 9.17) is 9.15 Å². The summed E-state index contributed by atoms with van der Waals surface area (Å²) in [5.74, 6) is 1.17. The van der Waals surface area contributed by atoms with Crippen LogP contribution < -0.4 is 10.6 Å². The van der Waals surface area contributed by atoms with Gasteiger partial charge in [0.15, 0.2) is 5.96 Å². The number of aliphatic imine (C=N–C) groups is 1. The quantitative estimate of drug-likeness (QED) is 0.431. The Morgan fingerprint density at radius 2 is 2.17 bits per heavy atom. The Balaban J connectivity index is 0.00000264. The fraction of sp³-hybridized carbons (Fsp3) is 0.438. The van der Waals surface area contributed by atoms with Crippen molar-refractivity contribution in [1.29, 1.82) is 0 Å². The van der Waals surface area contributed by atoms with Gasteiger partial charge in [-0.1, -0.05) is 0 Å². The fourth-order valence-electron chi connectivity index (χ4n) is 2.30. The Kier molecular flexibility index (Phi) is 7.77. The minimum absolute atomic E-state index is 0. The molecule has 0 saturated carbocycles. The van der Waals surface area contributed by atoms with E-state index in [0.29, 0.717) is 24.7 Å². The van der Waals surface area contributed by atoms with Crippen molar-refractivity contribution in [2.75, 3.05) is 20.8 Å². The molecule has 0 saturated heterocycles. The normalized spacial score (nSPS) is 12.8. The van der Waals surface area contributed by atoms with Gasteiger partial charge >= 0.3 is 0 Å². The van der Waals surface area contributed by atoms with E-state index >= 15 is 0 Å². The van der Waals surface area contributed by atoms with E-state index in [1.54, 1.807) is 20.2 Å². The molecule has 0 bridgehead atoms. The lowest BCUT2D eigenvalue weighted by Crippen LogP contribution is -2.43. The summed E-state index contributed by atoms with van der Waals surface area (Å²) in [4.78, 5) is 4.16. The van der Waals surface area contributed by atoms with Crippen LogP contribution in [0.15, 0.2) is 27.6 Å². The number of hydrogen-bond donors (Lipinski definition) is 2. The van der Waals surface area contributed by atoms with Crippen molar-refractivity contribution in [3.05, 3.63) is 35.3 Å². The van der Waals surface area contributed by atoms with Crippen molar-refractivity contribution >= 4 is 40.9 Å². The van der Waals surface area contributed by atoms with E-state index in [-0.39, 0.29) is 35.8 Å². The molecule has 0 amide bonds. The zero-order valence-electron chi connectivity index (χ0n) is 13.8. The van der Waals surface area contributed by atoms with Gasteiger partial charge in [-0.15, -0.1) is 24.0 Å². The van der Waals surface area contributed by atoms with Crippen LogP contribution in [0.2, 0.25) is 0 Å². The van der Waals surface area contributed by atoms with Crippen molar-refractivity contribution in [2.24, 2.45) is 4.99 Å². The number of fused-ring (bicyclic) bond motifs is 1. The Bertz CT molecular complexity index is 673. The van der Waals surface area contributed by atoms with Crippen molar-refractivity contribution in [3.8, 4) is 0 Å². The van der Waals surface area contributed by atoms with Crippen molar-refractivity contribution < 1.29 is 13.5 Å². The molecule has 1 unspecified atom stereocenters. The molecule has 1 atom stereocenters. The first-order valence-corrected chi connectivity index (χ1v) is 7.18. The molecule has 23 heavy (non-hydrogen) atoms. The third kappa shape index (κ3) is 5.07. The van der Waals surface area contributed by atoms with Gasteiger partial charge in [0.05, 0.1) is 13.2 Å². The highest BCUT2D eigenvalue weighted by Crippen LogP contribution is 2.25. The van der Waals surface area contributed by atoms with Crippen molar-refractivity contribution in [1.82, 2.24) is 10.6 Å². The molecular formula is C16H23FIN3O2. The average Bonchev–Trinajstić information content (AvgIpc) is 2.80. The topological polar surface area (TPSA) is 58.8 Å². The molecule has 0 aliphatic carbocycles. The lowest BCUT2D eigenvalue weighted by atomic mass is 10.1. The molecule has 1 heterocycles. The Labute approximate surface area is 152 Å². The zero-order valence-corrected chi connectivity index (χ0v) is 16.1. The van der Waals surface area contributed by atoms with E-state index in [0.717, 1.165) is 16.7 Å². The van der Waals surface area contributed by atoms with Crippen LogP contribution in [0.3, 0.4) is 0 Å². The van der Waals surface area contributed by atoms with Gasteiger partial charge in [-0.05, 0) is 32.0 Å². The van der Waals surface area contributed by atoms with Gasteiger partial charge in [-0.3, -0.25) is 4.99 Å². The van der Waals surface area contributed by atoms with E-state index in [9.17, 15) is 4.39 Å². The van der Waals surface area contributed by atoms with Crippen LogP contribution in [0.4, 0.5) is 4.39 Å². The number of halogens is 2. The molecule has 128 valence electrons. The van der Waals surface area contributed by atoms with Gasteiger partial charge < -0.3 is 19.8 Å². The summed E-state index contributed by atoms with van der Waals surface area (Å²) in [6.07, 6.45) is 0. The number of nitrogens with one attached hydrogen (secondary N) is 2. The van der Waals surface area contributed by atoms with Crippen LogP contribution in [0.5, 0.6) is 0 Å². The number of furan rings is 1. The summed E-state index contributed by atoms with van der Waals surface area (Å²) in [6, 6.07) is 4.68. The number of aryl methyl sites for hydroxylation is 1. The SMILES string of the molecule is CN=C(NCc1oc2ccc(F)cc2c1C)NC(C)COC.I. The summed E-state index contributed by atoms with van der Waals surface area (Å²) in [5.41, 5.74) is 1.62. The number of nitrogens with zero attached hydrogens (tertiary/aromatic N) is 1. The summed E-state index contributed by atoms with van der Waals surface area (Å²) in [6.45, 7) is 4.99. The lowest BCUT2D eigenvalue weighted by molar-refractivity contribution is 0.179. The van der Waals surface area contributed by atoms with Gasteiger partial charge in [0.1, 0.15) is 17.2 Å². The Hall–Kier alpha value is -1.35. The molecule has 0 fully saturated rings. The van der Waals surface area contributed by atoms with Crippen molar-refractivity contribution in [3.63, 3.8) is 0 Å². The molecule has 1 aromatic carbocycles. The van der Waals surface area contributed by atoms with E-state index in [2.05, 4.69) is 15.6 Å². The van der Waals surface area contributed by atoms with Crippen LogP contribution in [0, 0.1) is 12.7 Å². The number of rotatable bonds is 5. The standard InChI is InChI=1S/C16H22FN3O2.HI/c1-10(9-21-4)20-16(18-3)19-8-15-11(2)13-7-12(17)5-6-14(13)22-15;/h5-7,10H,8-9H2,1-4H3,(H2,18,19,20);1H. The van der Waals surface area contributed by atoms with Crippen molar-refractivity contribution in [2.45, 2.75) is 26.4 Å². The Morgan fingerprint density at radius 3 is 2.83 bits per heavy atom. The predicted octanol–water partition coefficient (Wildman–Crippen LogP) is 3.20. The molecule has 0 spiro atoms. The van der Waals surface area contributed by atoms with E-state index < -0.39 is 0 Å². The minimum Gasteiger partial charge on any atom is -0.459 e. The maximum atomic E-state index is 13.3. The zero-order chi connectivity index (χ0) is 16.1. The molecule has 0 aliphatic rings. The molecule has 2 rings (SSSR count). The average molecular weight is 435 g/mol. The molecule has 5 nitrogen and oxygen atoms in total. The highest BCUT2D eigenvalue weighted by atomic mass is 127. The minimum atomic E-state index is -0.262. The number of ether oxygens (including phenoxy) is 1. The smallest absolute Gasteiger partial charge is 0.191 e. The first-order valence-electron chi connectivity index (χ1n) is 7.18. The predicted molar refractivity (Wildman–Crippen MR) is 101 cm³/mol. The van der Waals surface area contributed by atoms with Crippen LogP contribution in [-0.4, -0.2) is 32.8 Å². The number of hydrogen-bond acceptors (Lipinski definition) is 3. The van der Waals surface area contributed by atoms with Crippen LogP contribution in [0.1, 0.15) is 18.2 Å².